The van der Waals surface area contributed by atoms with Crippen LogP contribution in [0.4, 0.5) is 15.9 Å². The quantitative estimate of drug-likeness (QED) is 0.417. The van der Waals surface area contributed by atoms with E-state index in [1.807, 2.05) is 0 Å². The molecule has 0 aliphatic carbocycles. The standard InChI is InChI=1S/C21H20FN7O3S/c1-3-33(30,31)29(15-7-5-4-6-8-15)10-9-28-20-17(19(23)25-13-26-20)18(27-28)14-11-16(22)21(32-2)24-12-14/h3-8,11-13H,1,9-10H2,2H3,(H2,23,25,26). The molecule has 33 heavy (non-hydrogen) atoms. The average Bonchev–Trinajstić information content (AvgIpc) is 3.20. The molecule has 12 heteroatoms. The number of hydrogen-bond acceptors (Lipinski definition) is 8. The molecule has 0 radical (unpaired) electrons. The van der Waals surface area contributed by atoms with Gasteiger partial charge >= 0.3 is 0 Å². The zero-order valence-electron chi connectivity index (χ0n) is 17.6. The van der Waals surface area contributed by atoms with Crippen LogP contribution < -0.4 is 14.8 Å². The number of para-hydroxylation sites is 1. The van der Waals surface area contributed by atoms with Crippen molar-refractivity contribution >= 4 is 32.6 Å². The second-order valence-corrected chi connectivity index (χ2v) is 8.67. The molecule has 0 aliphatic heterocycles. The van der Waals surface area contributed by atoms with Crippen LogP contribution in [0.15, 0.2) is 60.9 Å². The van der Waals surface area contributed by atoms with Gasteiger partial charge in [-0.05, 0) is 18.2 Å². The summed E-state index contributed by atoms with van der Waals surface area (Å²) < 4.78 is 47.1. The number of pyridine rings is 1. The van der Waals surface area contributed by atoms with Crippen LogP contribution in [0.3, 0.4) is 0 Å². The second-order valence-electron chi connectivity index (χ2n) is 6.86. The van der Waals surface area contributed by atoms with E-state index in [1.165, 1.54) is 34.7 Å². The Morgan fingerprint density at radius 2 is 2.00 bits per heavy atom. The van der Waals surface area contributed by atoms with E-state index in [-0.39, 0.29) is 24.8 Å². The molecule has 4 rings (SSSR count). The average molecular weight is 470 g/mol. The van der Waals surface area contributed by atoms with E-state index >= 15 is 0 Å². The second kappa shape index (κ2) is 8.82. The van der Waals surface area contributed by atoms with Crippen LogP contribution in [-0.2, 0) is 16.6 Å². The minimum absolute atomic E-state index is 0.0354. The number of fused-ring (bicyclic) bond motifs is 1. The topological polar surface area (TPSA) is 129 Å². The van der Waals surface area contributed by atoms with Crippen molar-refractivity contribution in [2.24, 2.45) is 0 Å². The van der Waals surface area contributed by atoms with Gasteiger partial charge in [-0.1, -0.05) is 24.8 Å². The lowest BCUT2D eigenvalue weighted by atomic mass is 10.1. The van der Waals surface area contributed by atoms with Crippen molar-refractivity contribution < 1.29 is 17.5 Å². The highest BCUT2D eigenvalue weighted by Crippen LogP contribution is 2.31. The van der Waals surface area contributed by atoms with Gasteiger partial charge in [-0.3, -0.25) is 4.31 Å². The molecule has 0 unspecified atom stereocenters. The smallest absolute Gasteiger partial charge is 0.256 e. The molecule has 0 aliphatic rings. The highest BCUT2D eigenvalue weighted by atomic mass is 32.2. The van der Waals surface area contributed by atoms with Gasteiger partial charge in [-0.25, -0.2) is 32.4 Å². The van der Waals surface area contributed by atoms with Gasteiger partial charge in [0.15, 0.2) is 11.5 Å². The van der Waals surface area contributed by atoms with Crippen molar-refractivity contribution in [2.75, 3.05) is 23.7 Å². The van der Waals surface area contributed by atoms with Crippen molar-refractivity contribution in [1.82, 2.24) is 24.7 Å². The fraction of sp³-hybridized carbons (Fsp3) is 0.143. The molecule has 0 saturated heterocycles. The monoisotopic (exact) mass is 469 g/mol. The molecule has 3 aromatic heterocycles. The van der Waals surface area contributed by atoms with Crippen molar-refractivity contribution in [2.45, 2.75) is 6.54 Å². The molecule has 2 N–H and O–H groups in total. The number of aromatic nitrogens is 5. The SMILES string of the molecule is C=CS(=O)(=O)N(CCn1nc(-c2cnc(OC)c(F)c2)c2c(N)ncnc21)c1ccccc1. The fourth-order valence-electron chi connectivity index (χ4n) is 3.37. The summed E-state index contributed by atoms with van der Waals surface area (Å²) in [6, 6.07) is 9.85. The van der Waals surface area contributed by atoms with Gasteiger partial charge in [0.2, 0.25) is 5.88 Å². The summed E-state index contributed by atoms with van der Waals surface area (Å²) in [7, 11) is -2.46. The molecular formula is C21H20FN7O3S. The molecule has 0 bridgehead atoms. The number of nitrogen functional groups attached to an aromatic ring is 1. The molecule has 10 nitrogen and oxygen atoms in total. The van der Waals surface area contributed by atoms with E-state index < -0.39 is 15.8 Å². The van der Waals surface area contributed by atoms with Crippen LogP contribution >= 0.6 is 0 Å². The summed E-state index contributed by atoms with van der Waals surface area (Å²) in [6.07, 6.45) is 2.68. The van der Waals surface area contributed by atoms with E-state index in [9.17, 15) is 12.8 Å². The Morgan fingerprint density at radius 3 is 2.67 bits per heavy atom. The largest absolute Gasteiger partial charge is 0.479 e. The molecule has 4 aromatic rings. The number of halogens is 1. The number of nitrogens with two attached hydrogens (primary N) is 1. The third-order valence-corrected chi connectivity index (χ3v) is 6.34. The third-order valence-electron chi connectivity index (χ3n) is 4.91. The lowest BCUT2D eigenvalue weighted by Gasteiger charge is -2.22. The van der Waals surface area contributed by atoms with Crippen LogP contribution in [0.5, 0.6) is 5.88 Å². The molecule has 170 valence electrons. The minimum Gasteiger partial charge on any atom is -0.479 e. The summed E-state index contributed by atoms with van der Waals surface area (Å²) in [5.74, 6) is -0.670. The highest BCUT2D eigenvalue weighted by Gasteiger charge is 2.22. The van der Waals surface area contributed by atoms with Crippen molar-refractivity contribution in [3.63, 3.8) is 0 Å². The molecule has 0 fully saturated rings. The number of sulfonamides is 1. The molecule has 0 atom stereocenters. The van der Waals surface area contributed by atoms with Crippen LogP contribution in [0.25, 0.3) is 22.3 Å². The lowest BCUT2D eigenvalue weighted by Crippen LogP contribution is -2.32. The van der Waals surface area contributed by atoms with Crippen LogP contribution in [-0.4, -0.2) is 46.8 Å². The van der Waals surface area contributed by atoms with Gasteiger partial charge in [-0.2, -0.15) is 5.10 Å². The summed E-state index contributed by atoms with van der Waals surface area (Å²) in [5, 5.41) is 5.82. The van der Waals surface area contributed by atoms with Gasteiger partial charge < -0.3 is 10.5 Å². The molecule has 0 amide bonds. The Morgan fingerprint density at radius 1 is 1.24 bits per heavy atom. The van der Waals surface area contributed by atoms with Crippen LogP contribution in [0.1, 0.15) is 0 Å². The van der Waals surface area contributed by atoms with Gasteiger partial charge in [0.05, 0.1) is 31.3 Å². The number of ether oxygens (including phenoxy) is 1. The Labute approximate surface area is 189 Å². The predicted octanol–water partition coefficient (Wildman–Crippen LogP) is 2.60. The van der Waals surface area contributed by atoms with Crippen molar-refractivity contribution in [3.8, 4) is 17.1 Å². The molecule has 3 heterocycles. The first kappa shape index (κ1) is 22.1. The van der Waals surface area contributed by atoms with E-state index in [0.717, 1.165) is 5.41 Å². The zero-order chi connectivity index (χ0) is 23.6. The molecular weight excluding hydrogens is 449 g/mol. The maximum absolute atomic E-state index is 14.3. The first-order chi connectivity index (χ1) is 15.9. The summed E-state index contributed by atoms with van der Waals surface area (Å²) >= 11 is 0. The zero-order valence-corrected chi connectivity index (χ0v) is 18.4. The normalized spacial score (nSPS) is 11.5. The van der Waals surface area contributed by atoms with Gasteiger partial charge in [0.25, 0.3) is 10.0 Å². The molecule has 1 aromatic carbocycles. The van der Waals surface area contributed by atoms with Gasteiger partial charge in [0, 0.05) is 17.2 Å². The number of hydrogen-bond donors (Lipinski definition) is 1. The molecule has 0 saturated carbocycles. The minimum atomic E-state index is -3.78. The Bertz CT molecular complexity index is 1420. The maximum atomic E-state index is 14.3. The van der Waals surface area contributed by atoms with Crippen LogP contribution in [0, 0.1) is 5.82 Å². The van der Waals surface area contributed by atoms with Crippen molar-refractivity contribution in [1.29, 1.82) is 0 Å². The van der Waals surface area contributed by atoms with E-state index in [1.54, 1.807) is 30.3 Å². The summed E-state index contributed by atoms with van der Waals surface area (Å²) in [5.41, 5.74) is 7.59. The summed E-state index contributed by atoms with van der Waals surface area (Å²) in [6.45, 7) is 3.58. The van der Waals surface area contributed by atoms with Crippen molar-refractivity contribution in [3.05, 3.63) is 66.7 Å². The maximum Gasteiger partial charge on any atom is 0.256 e. The van der Waals surface area contributed by atoms with E-state index in [2.05, 4.69) is 26.6 Å². The van der Waals surface area contributed by atoms with Gasteiger partial charge in [0.1, 0.15) is 17.8 Å². The first-order valence-electron chi connectivity index (χ1n) is 9.73. The number of anilines is 2. The Kier molecular flexibility index (Phi) is 5.92. The van der Waals surface area contributed by atoms with E-state index in [0.29, 0.717) is 28.0 Å². The molecule has 0 spiro atoms. The lowest BCUT2D eigenvalue weighted by molar-refractivity contribution is 0.369. The van der Waals surface area contributed by atoms with Gasteiger partial charge in [-0.15, -0.1) is 0 Å². The summed E-state index contributed by atoms with van der Waals surface area (Å²) in [4.78, 5) is 12.2. The highest BCUT2D eigenvalue weighted by molar-refractivity contribution is 7.95. The number of rotatable bonds is 8. The number of methoxy groups -OCH3 is 1. The van der Waals surface area contributed by atoms with Crippen LogP contribution in [0.2, 0.25) is 0 Å². The predicted molar refractivity (Wildman–Crippen MR) is 122 cm³/mol. The first-order valence-corrected chi connectivity index (χ1v) is 11.2. The fourth-order valence-corrected chi connectivity index (χ4v) is 4.30. The number of nitrogens with zero attached hydrogens (tertiary/aromatic N) is 6. The number of benzene rings is 1. The van der Waals surface area contributed by atoms with E-state index in [4.69, 9.17) is 10.5 Å². The Balaban J connectivity index is 1.77. The Hall–Kier alpha value is -4.06. The third kappa shape index (κ3) is 4.20.